The molecular weight excluding hydrogens is 697 g/mol. The number of methoxy groups -OCH3 is 1. The number of nitrogens with one attached hydrogen (secondary N) is 2. The Morgan fingerprint density at radius 1 is 0.981 bits per heavy atom. The number of hydrogen-bond donors (Lipinski definition) is 5. The highest BCUT2D eigenvalue weighted by atomic mass is 19.4. The summed E-state index contributed by atoms with van der Waals surface area (Å²) in [7, 11) is 1.36. The van der Waals surface area contributed by atoms with Gasteiger partial charge in [0.25, 0.3) is 0 Å². The second kappa shape index (κ2) is 18.6. The van der Waals surface area contributed by atoms with Gasteiger partial charge in [0.2, 0.25) is 0 Å². The molecule has 4 rings (SSSR count). The monoisotopic (exact) mass is 754 g/mol. The lowest BCUT2D eigenvalue weighted by Crippen LogP contribution is -2.27. The number of aromatic nitrogens is 3. The number of H-pyrrole nitrogens is 1. The van der Waals surface area contributed by atoms with E-state index in [1.54, 1.807) is 6.20 Å². The van der Waals surface area contributed by atoms with Crippen LogP contribution in [0.4, 0.5) is 13.2 Å². The van der Waals surface area contributed by atoms with Crippen molar-refractivity contribution in [3.8, 4) is 5.69 Å². The minimum Gasteiger partial charge on any atom is -0.469 e. The zero-order valence-electron chi connectivity index (χ0n) is 32.7. The fourth-order valence-corrected chi connectivity index (χ4v) is 5.63. The Bertz CT molecular complexity index is 1880. The van der Waals surface area contributed by atoms with Gasteiger partial charge < -0.3 is 32.2 Å². The van der Waals surface area contributed by atoms with Crippen LogP contribution < -0.4 is 28.2 Å². The maximum absolute atomic E-state index is 13.0. The number of guanidine groups is 1. The van der Waals surface area contributed by atoms with Crippen LogP contribution in [-0.2, 0) is 33.0 Å². The van der Waals surface area contributed by atoms with E-state index in [1.165, 1.54) is 23.8 Å². The molecule has 8 N–H and O–H groups in total. The lowest BCUT2D eigenvalue weighted by atomic mass is 9.84. The lowest BCUT2D eigenvalue weighted by Gasteiger charge is -2.22. The molecule has 54 heavy (non-hydrogen) atoms. The van der Waals surface area contributed by atoms with Crippen molar-refractivity contribution in [1.82, 2.24) is 19.9 Å². The Labute approximate surface area is 316 Å². The number of rotatable bonds is 13. The van der Waals surface area contributed by atoms with Crippen LogP contribution in [0.25, 0.3) is 16.7 Å². The molecule has 2 atom stereocenters. The predicted molar refractivity (Wildman–Crippen MR) is 210 cm³/mol. The van der Waals surface area contributed by atoms with Crippen LogP contribution in [0.3, 0.4) is 0 Å². The van der Waals surface area contributed by atoms with E-state index in [0.717, 1.165) is 40.6 Å². The van der Waals surface area contributed by atoms with Gasteiger partial charge >= 0.3 is 17.8 Å². The third-order valence-corrected chi connectivity index (χ3v) is 8.82. The zero-order chi connectivity index (χ0) is 40.4. The van der Waals surface area contributed by atoms with E-state index in [0.29, 0.717) is 37.3 Å². The SMILES string of the molecule is COC(=O)C[C@H](NCCCN=C(N)N)c1ccc(-n2cc3cc(C(C)(C)C)[nH]c3nc2=O)cc1.C[C@H](N)CCCc1cc(C(C)(C)C)cc(C(F)(F)F)c1. The molecule has 0 radical (unpaired) electrons. The number of aliphatic imine (C=N–C) groups is 1. The average Bonchev–Trinajstić information content (AvgIpc) is 3.50. The number of carbonyl (C=O) groups is 1. The maximum Gasteiger partial charge on any atom is 0.416 e. The highest BCUT2D eigenvalue weighted by Gasteiger charge is 2.32. The number of nitrogens with zero attached hydrogens (tertiary/aromatic N) is 3. The largest absolute Gasteiger partial charge is 0.469 e. The third kappa shape index (κ3) is 13.3. The first-order chi connectivity index (χ1) is 25.1. The highest BCUT2D eigenvalue weighted by molar-refractivity contribution is 5.76. The normalized spacial score (nSPS) is 13.2. The third-order valence-electron chi connectivity index (χ3n) is 8.82. The summed E-state index contributed by atoms with van der Waals surface area (Å²) in [4.78, 5) is 36.0. The molecule has 0 aliphatic rings. The number of aryl methyl sites for hydroxylation is 1. The molecule has 0 aliphatic heterocycles. The van der Waals surface area contributed by atoms with Crippen LogP contribution in [-0.4, -0.2) is 52.7 Å². The average molecular weight is 755 g/mol. The zero-order valence-corrected chi connectivity index (χ0v) is 32.7. The van der Waals surface area contributed by atoms with Gasteiger partial charge in [-0.3, -0.25) is 14.4 Å². The first kappa shape index (κ1) is 43.7. The standard InChI is InChI=1S/C24H33N7O3.C16H24F3N/c1-24(2,3)19-12-16-14-31(23(33)30-21(16)29-19)17-8-6-15(7-9-17)18(13-20(32)34-4)27-10-5-11-28-22(25)26;1-11(20)6-5-7-12-8-13(15(2,3)4)10-14(9-12)16(17,18)19/h6-9,12,14,18,27H,5,10-11,13H2,1-4H3,(H4,25,26,28)(H,29,30,33);8-11H,5-7,20H2,1-4H3/t18-;11-/m00/s1. The quantitative estimate of drug-likeness (QED) is 0.0442. The summed E-state index contributed by atoms with van der Waals surface area (Å²) in [5.41, 5.74) is 19.7. The second-order valence-corrected chi connectivity index (χ2v) is 15.7. The molecule has 11 nitrogen and oxygen atoms in total. The summed E-state index contributed by atoms with van der Waals surface area (Å²) >= 11 is 0. The van der Waals surface area contributed by atoms with Crippen molar-refractivity contribution < 1.29 is 22.7 Å². The molecule has 0 saturated heterocycles. The van der Waals surface area contributed by atoms with Gasteiger partial charge in [-0.1, -0.05) is 59.7 Å². The summed E-state index contributed by atoms with van der Waals surface area (Å²) in [5, 5.41) is 4.21. The topological polar surface area (TPSA) is 179 Å². The van der Waals surface area contributed by atoms with E-state index >= 15 is 0 Å². The smallest absolute Gasteiger partial charge is 0.416 e. The van der Waals surface area contributed by atoms with Crippen LogP contribution in [0.15, 0.2) is 64.5 Å². The van der Waals surface area contributed by atoms with Gasteiger partial charge in [0.1, 0.15) is 5.65 Å². The van der Waals surface area contributed by atoms with Crippen molar-refractivity contribution in [1.29, 1.82) is 0 Å². The molecule has 0 fully saturated rings. The van der Waals surface area contributed by atoms with E-state index < -0.39 is 11.7 Å². The van der Waals surface area contributed by atoms with Crippen molar-refractivity contribution in [2.45, 2.75) is 110 Å². The number of aromatic amines is 1. The summed E-state index contributed by atoms with van der Waals surface area (Å²) in [6, 6.07) is 13.7. The van der Waals surface area contributed by atoms with Crippen molar-refractivity contribution >= 4 is 23.0 Å². The molecule has 14 heteroatoms. The van der Waals surface area contributed by atoms with Crippen LogP contribution in [0.2, 0.25) is 0 Å². The number of esters is 1. The van der Waals surface area contributed by atoms with E-state index in [4.69, 9.17) is 21.9 Å². The Morgan fingerprint density at radius 3 is 2.19 bits per heavy atom. The molecule has 296 valence electrons. The van der Waals surface area contributed by atoms with Gasteiger partial charge in [-0.15, -0.1) is 0 Å². The Morgan fingerprint density at radius 2 is 1.63 bits per heavy atom. The highest BCUT2D eigenvalue weighted by Crippen LogP contribution is 2.34. The molecule has 2 aromatic carbocycles. The number of alkyl halides is 3. The number of hydrogen-bond acceptors (Lipinski definition) is 7. The summed E-state index contributed by atoms with van der Waals surface area (Å²) in [5.74, 6) is -0.266. The molecule has 2 heterocycles. The van der Waals surface area contributed by atoms with Gasteiger partial charge in [-0.05, 0) is 91.6 Å². The van der Waals surface area contributed by atoms with Crippen molar-refractivity contribution in [2.75, 3.05) is 20.2 Å². The van der Waals surface area contributed by atoms with Gasteiger partial charge in [0.15, 0.2) is 5.96 Å². The fraction of sp³-hybridized carbons (Fsp3) is 0.500. The van der Waals surface area contributed by atoms with Crippen LogP contribution in [0.1, 0.15) is 108 Å². The van der Waals surface area contributed by atoms with E-state index in [2.05, 4.69) is 41.0 Å². The molecule has 0 aliphatic carbocycles. The van der Waals surface area contributed by atoms with Crippen LogP contribution in [0, 0.1) is 0 Å². The molecular formula is C40H57F3N8O3. The van der Waals surface area contributed by atoms with Gasteiger partial charge in [0, 0.05) is 41.3 Å². The molecule has 4 aromatic rings. The number of benzene rings is 2. The van der Waals surface area contributed by atoms with E-state index in [9.17, 15) is 22.8 Å². The van der Waals surface area contributed by atoms with Crippen LogP contribution in [0.5, 0.6) is 0 Å². The Hall–Kier alpha value is -4.69. The number of fused-ring (bicyclic) bond motifs is 1. The molecule has 0 saturated carbocycles. The van der Waals surface area contributed by atoms with Gasteiger partial charge in [-0.2, -0.15) is 18.2 Å². The maximum atomic E-state index is 13.0. The summed E-state index contributed by atoms with van der Waals surface area (Å²) < 4.78 is 45.3. The van der Waals surface area contributed by atoms with Gasteiger partial charge in [-0.25, -0.2) is 4.79 Å². The Kier molecular flexibility index (Phi) is 15.0. The van der Waals surface area contributed by atoms with Crippen LogP contribution >= 0.6 is 0 Å². The molecule has 0 spiro atoms. The minimum atomic E-state index is -4.29. The number of halogens is 3. The van der Waals surface area contributed by atoms with Crippen molar-refractivity contribution in [3.05, 3.63) is 93.2 Å². The first-order valence-electron chi connectivity index (χ1n) is 18.1. The predicted octanol–water partition coefficient (Wildman–Crippen LogP) is 6.54. The van der Waals surface area contributed by atoms with E-state index in [-0.39, 0.29) is 47.0 Å². The van der Waals surface area contributed by atoms with Gasteiger partial charge in [0.05, 0.1) is 24.8 Å². The second-order valence-electron chi connectivity index (χ2n) is 15.7. The molecule has 2 aromatic heterocycles. The number of nitrogens with two attached hydrogens (primary N) is 3. The number of carbonyl (C=O) groups excluding carboxylic acids is 1. The number of ether oxygens (including phenoxy) is 1. The lowest BCUT2D eigenvalue weighted by molar-refractivity contribution is -0.141. The fourth-order valence-electron chi connectivity index (χ4n) is 5.63. The van der Waals surface area contributed by atoms with Crippen molar-refractivity contribution in [3.63, 3.8) is 0 Å². The minimum absolute atomic E-state index is 0.0545. The first-order valence-corrected chi connectivity index (χ1v) is 18.1. The molecule has 0 amide bonds. The van der Waals surface area contributed by atoms with E-state index in [1.807, 2.05) is 64.1 Å². The molecule has 0 unspecified atom stereocenters. The van der Waals surface area contributed by atoms with Crippen molar-refractivity contribution in [2.24, 2.45) is 22.2 Å². The molecule has 0 bridgehead atoms. The Balaban J connectivity index is 0.000000334. The summed E-state index contributed by atoms with van der Waals surface area (Å²) in [6.45, 7) is 15.1. The summed E-state index contributed by atoms with van der Waals surface area (Å²) in [6.07, 6.45) is 0.640.